The minimum absolute atomic E-state index is 0.0949. The van der Waals surface area contributed by atoms with Crippen molar-refractivity contribution in [1.29, 1.82) is 0 Å². The first-order chi connectivity index (χ1) is 12.5. The number of hydrogen-bond donors (Lipinski definition) is 1. The van der Waals surface area contributed by atoms with Crippen LogP contribution in [0.15, 0.2) is 64.2 Å². The van der Waals surface area contributed by atoms with E-state index < -0.39 is 0 Å². The lowest BCUT2D eigenvalue weighted by atomic mass is 10.0. The molecule has 0 bridgehead atoms. The first-order valence-corrected chi connectivity index (χ1v) is 9.38. The average Bonchev–Trinajstić information content (AvgIpc) is 3.11. The Morgan fingerprint density at radius 1 is 1.00 bits per heavy atom. The van der Waals surface area contributed by atoms with Gasteiger partial charge in [-0.2, -0.15) is 0 Å². The van der Waals surface area contributed by atoms with Crippen LogP contribution in [0.25, 0.3) is 11.5 Å². The van der Waals surface area contributed by atoms with E-state index in [-0.39, 0.29) is 11.2 Å². The monoisotopic (exact) mass is 367 g/mol. The van der Waals surface area contributed by atoms with Gasteiger partial charge in [0.1, 0.15) is 0 Å². The van der Waals surface area contributed by atoms with Gasteiger partial charge in [0.15, 0.2) is 0 Å². The lowest BCUT2D eigenvalue weighted by Gasteiger charge is -2.15. The molecule has 0 unspecified atom stereocenters. The Morgan fingerprint density at radius 2 is 1.69 bits per heavy atom. The first-order valence-electron chi connectivity index (χ1n) is 8.50. The molecule has 2 aromatic carbocycles. The number of hydrogen-bond acceptors (Lipinski definition) is 5. The number of carbonyl (C=O) groups excluding carboxylic acids is 1. The quantitative estimate of drug-likeness (QED) is 0.622. The van der Waals surface area contributed by atoms with Crippen LogP contribution in [-0.4, -0.2) is 21.4 Å². The molecule has 0 radical (unpaired) electrons. The molecule has 5 nitrogen and oxygen atoms in total. The third-order valence-corrected chi connectivity index (χ3v) is 4.85. The van der Waals surface area contributed by atoms with Crippen LogP contribution in [0.2, 0.25) is 0 Å². The maximum Gasteiger partial charge on any atom is 0.277 e. The highest BCUT2D eigenvalue weighted by Crippen LogP contribution is 2.28. The van der Waals surface area contributed by atoms with Gasteiger partial charge in [-0.1, -0.05) is 62.0 Å². The molecule has 3 aromatic rings. The Kier molecular flexibility index (Phi) is 5.73. The predicted octanol–water partition coefficient (Wildman–Crippen LogP) is 4.98. The second kappa shape index (κ2) is 8.19. The van der Waals surface area contributed by atoms with Crippen molar-refractivity contribution in [2.45, 2.75) is 37.2 Å². The van der Waals surface area contributed by atoms with Crippen molar-refractivity contribution in [3.8, 4) is 11.5 Å². The van der Waals surface area contributed by atoms with E-state index in [1.165, 1.54) is 11.8 Å². The molecule has 6 heteroatoms. The molecule has 0 aliphatic carbocycles. The van der Waals surface area contributed by atoms with Gasteiger partial charge in [-0.3, -0.25) is 4.79 Å². The Hall–Kier alpha value is -2.60. The smallest absolute Gasteiger partial charge is 0.277 e. The molecule has 26 heavy (non-hydrogen) atoms. The van der Waals surface area contributed by atoms with E-state index in [0.29, 0.717) is 17.0 Å². The number of nitrogens with zero attached hydrogens (tertiary/aromatic N) is 2. The lowest BCUT2D eigenvalue weighted by molar-refractivity contribution is -0.115. The van der Waals surface area contributed by atoms with Crippen molar-refractivity contribution in [1.82, 2.24) is 10.2 Å². The molecule has 0 saturated carbocycles. The zero-order valence-electron chi connectivity index (χ0n) is 15.0. The SMILES string of the molecule is CC(C)c1ccccc1NC(=O)[C@H](C)Sc1nnc(-c2ccccc2)o1. The van der Waals surface area contributed by atoms with E-state index in [1.54, 1.807) is 0 Å². The van der Waals surface area contributed by atoms with E-state index in [9.17, 15) is 4.79 Å². The largest absolute Gasteiger partial charge is 0.411 e. The van der Waals surface area contributed by atoms with Crippen LogP contribution in [-0.2, 0) is 4.79 Å². The van der Waals surface area contributed by atoms with E-state index in [1.807, 2.05) is 61.5 Å². The molecule has 0 spiro atoms. The highest BCUT2D eigenvalue weighted by atomic mass is 32.2. The van der Waals surface area contributed by atoms with Crippen molar-refractivity contribution >= 4 is 23.4 Å². The normalized spacial score (nSPS) is 12.2. The Morgan fingerprint density at radius 3 is 2.42 bits per heavy atom. The maximum absolute atomic E-state index is 12.5. The number of nitrogens with one attached hydrogen (secondary N) is 1. The summed E-state index contributed by atoms with van der Waals surface area (Å²) in [7, 11) is 0. The standard InChI is InChI=1S/C20H21N3O2S/c1-13(2)16-11-7-8-12-17(16)21-18(24)14(3)26-20-23-22-19(25-20)15-9-5-4-6-10-15/h4-14H,1-3H3,(H,21,24)/t14-/m0/s1. The highest BCUT2D eigenvalue weighted by Gasteiger charge is 2.20. The summed E-state index contributed by atoms with van der Waals surface area (Å²) in [6.07, 6.45) is 0. The minimum atomic E-state index is -0.362. The Bertz CT molecular complexity index is 878. The second-order valence-electron chi connectivity index (χ2n) is 6.23. The van der Waals surface area contributed by atoms with Gasteiger partial charge < -0.3 is 9.73 Å². The van der Waals surface area contributed by atoms with Crippen LogP contribution in [0, 0.1) is 0 Å². The molecule has 0 fully saturated rings. The van der Waals surface area contributed by atoms with Crippen LogP contribution in [0.3, 0.4) is 0 Å². The van der Waals surface area contributed by atoms with Gasteiger partial charge in [0.2, 0.25) is 11.8 Å². The van der Waals surface area contributed by atoms with Crippen LogP contribution in [0.5, 0.6) is 0 Å². The zero-order valence-corrected chi connectivity index (χ0v) is 15.8. The van der Waals surface area contributed by atoms with Crippen molar-refractivity contribution in [3.63, 3.8) is 0 Å². The molecule has 3 rings (SSSR count). The van der Waals surface area contributed by atoms with E-state index in [0.717, 1.165) is 16.8 Å². The summed E-state index contributed by atoms with van der Waals surface area (Å²) in [4.78, 5) is 12.5. The van der Waals surface area contributed by atoms with Crippen LogP contribution in [0.1, 0.15) is 32.3 Å². The third kappa shape index (κ3) is 4.32. The summed E-state index contributed by atoms with van der Waals surface area (Å²) in [5, 5.41) is 11.1. The first kappa shape index (κ1) is 18.2. The molecule has 1 amide bonds. The number of rotatable bonds is 6. The van der Waals surface area contributed by atoms with Crippen molar-refractivity contribution in [2.24, 2.45) is 0 Å². The van der Waals surface area contributed by atoms with E-state index in [2.05, 4.69) is 29.4 Å². The van der Waals surface area contributed by atoms with Gasteiger partial charge in [-0.05, 0) is 36.6 Å². The molecule has 1 heterocycles. The number of thioether (sulfide) groups is 1. The molecule has 0 aliphatic rings. The maximum atomic E-state index is 12.5. The minimum Gasteiger partial charge on any atom is -0.411 e. The highest BCUT2D eigenvalue weighted by molar-refractivity contribution is 8.00. The predicted molar refractivity (Wildman–Crippen MR) is 104 cm³/mol. The number of aromatic nitrogens is 2. The fraction of sp³-hybridized carbons (Fsp3) is 0.250. The Labute approximate surface area is 157 Å². The summed E-state index contributed by atoms with van der Waals surface area (Å²) in [6, 6.07) is 17.4. The second-order valence-corrected chi connectivity index (χ2v) is 7.52. The number of carbonyl (C=O) groups is 1. The fourth-order valence-corrected chi connectivity index (χ4v) is 3.19. The fourth-order valence-electron chi connectivity index (χ4n) is 2.51. The number of para-hydroxylation sites is 1. The van der Waals surface area contributed by atoms with Crippen LogP contribution in [0.4, 0.5) is 5.69 Å². The number of amides is 1. The number of anilines is 1. The number of benzene rings is 2. The van der Waals surface area contributed by atoms with Crippen LogP contribution >= 0.6 is 11.8 Å². The topological polar surface area (TPSA) is 68.0 Å². The Balaban J connectivity index is 1.66. The van der Waals surface area contributed by atoms with Crippen molar-refractivity contribution in [2.75, 3.05) is 5.32 Å². The summed E-state index contributed by atoms with van der Waals surface area (Å²) in [5.41, 5.74) is 2.81. The molecule has 0 saturated heterocycles. The average molecular weight is 367 g/mol. The molecular weight excluding hydrogens is 346 g/mol. The summed E-state index contributed by atoms with van der Waals surface area (Å²) in [6.45, 7) is 6.03. The molecular formula is C20H21N3O2S. The summed E-state index contributed by atoms with van der Waals surface area (Å²) < 4.78 is 5.66. The van der Waals surface area contributed by atoms with Gasteiger partial charge in [0, 0.05) is 11.3 Å². The van der Waals surface area contributed by atoms with E-state index >= 15 is 0 Å². The molecule has 1 aromatic heterocycles. The van der Waals surface area contributed by atoms with Gasteiger partial charge >= 0.3 is 0 Å². The van der Waals surface area contributed by atoms with E-state index in [4.69, 9.17) is 4.42 Å². The molecule has 1 N–H and O–H groups in total. The summed E-state index contributed by atoms with van der Waals surface area (Å²) in [5.74, 6) is 0.687. The van der Waals surface area contributed by atoms with Gasteiger partial charge in [0.05, 0.1) is 5.25 Å². The lowest BCUT2D eigenvalue weighted by Crippen LogP contribution is -2.23. The molecule has 134 valence electrons. The molecule has 0 aliphatic heterocycles. The van der Waals surface area contributed by atoms with Gasteiger partial charge in [-0.15, -0.1) is 10.2 Å². The molecule has 1 atom stereocenters. The zero-order chi connectivity index (χ0) is 18.5. The van der Waals surface area contributed by atoms with Crippen molar-refractivity contribution < 1.29 is 9.21 Å². The third-order valence-electron chi connectivity index (χ3n) is 3.91. The van der Waals surface area contributed by atoms with Crippen molar-refractivity contribution in [3.05, 3.63) is 60.2 Å². The van der Waals surface area contributed by atoms with Gasteiger partial charge in [0.25, 0.3) is 5.22 Å². The summed E-state index contributed by atoms with van der Waals surface area (Å²) >= 11 is 1.25. The van der Waals surface area contributed by atoms with Crippen LogP contribution < -0.4 is 5.32 Å². The van der Waals surface area contributed by atoms with Gasteiger partial charge in [-0.25, -0.2) is 0 Å².